The number of furan rings is 1. The molecule has 0 spiro atoms. The zero-order valence-corrected chi connectivity index (χ0v) is 13.1. The summed E-state index contributed by atoms with van der Waals surface area (Å²) < 4.78 is 8.36. The van der Waals surface area contributed by atoms with Crippen molar-refractivity contribution in [3.8, 4) is 11.5 Å². The minimum Gasteiger partial charge on any atom is -0.449 e. The number of pyridine rings is 1. The first-order valence-corrected chi connectivity index (χ1v) is 7.53. The van der Waals surface area contributed by atoms with Crippen molar-refractivity contribution < 1.29 is 8.98 Å². The molecule has 108 valence electrons. The van der Waals surface area contributed by atoms with Crippen LogP contribution in [0.4, 0.5) is 0 Å². The lowest BCUT2D eigenvalue weighted by Gasteiger charge is -2.05. The van der Waals surface area contributed by atoms with Gasteiger partial charge in [0.25, 0.3) is 0 Å². The second-order valence-electron chi connectivity index (χ2n) is 5.84. The van der Waals surface area contributed by atoms with Gasteiger partial charge in [-0.25, -0.2) is 0 Å². The Labute approximate surface area is 129 Å². The van der Waals surface area contributed by atoms with Crippen LogP contribution in [0.25, 0.3) is 33.3 Å². The molecule has 2 heteroatoms. The molecule has 0 fully saturated rings. The molecule has 0 aliphatic heterocycles. The van der Waals surface area contributed by atoms with Gasteiger partial charge < -0.3 is 4.42 Å². The fourth-order valence-corrected chi connectivity index (χ4v) is 3.25. The van der Waals surface area contributed by atoms with Gasteiger partial charge in [0, 0.05) is 28.5 Å². The van der Waals surface area contributed by atoms with Crippen molar-refractivity contribution in [1.29, 1.82) is 0 Å². The molecule has 2 aromatic heterocycles. The molecule has 2 heterocycles. The van der Waals surface area contributed by atoms with Gasteiger partial charge in [-0.2, -0.15) is 4.57 Å². The van der Waals surface area contributed by atoms with Crippen LogP contribution >= 0.6 is 0 Å². The van der Waals surface area contributed by atoms with Gasteiger partial charge in [0.15, 0.2) is 0 Å². The highest BCUT2D eigenvalue weighted by Gasteiger charge is 2.22. The summed E-state index contributed by atoms with van der Waals surface area (Å²) in [6.45, 7) is 4.29. The molecule has 0 saturated carbocycles. The molecular weight excluding hydrogens is 270 g/mol. The molecule has 0 saturated heterocycles. The average Bonchev–Trinajstić information content (AvgIpc) is 2.88. The molecule has 0 radical (unpaired) electrons. The smallest absolute Gasteiger partial charge is 0.249 e. The normalized spacial score (nSPS) is 11.4. The lowest BCUT2D eigenvalue weighted by atomic mass is 10.1. The van der Waals surface area contributed by atoms with Crippen LogP contribution in [-0.4, -0.2) is 0 Å². The van der Waals surface area contributed by atoms with Crippen LogP contribution in [0.1, 0.15) is 11.1 Å². The van der Waals surface area contributed by atoms with E-state index in [1.165, 1.54) is 27.4 Å². The molecule has 0 atom stereocenters. The molecule has 0 bridgehead atoms. The highest BCUT2D eigenvalue weighted by molar-refractivity contribution is 5.88. The summed E-state index contributed by atoms with van der Waals surface area (Å²) in [6.07, 6.45) is 0. The highest BCUT2D eigenvalue weighted by Crippen LogP contribution is 2.32. The second-order valence-corrected chi connectivity index (χ2v) is 5.84. The molecule has 0 N–H and O–H groups in total. The number of aromatic nitrogens is 1. The van der Waals surface area contributed by atoms with Crippen LogP contribution in [0.15, 0.2) is 59.0 Å². The summed E-state index contributed by atoms with van der Waals surface area (Å²) in [5.41, 5.74) is 5.74. The Morgan fingerprint density at radius 2 is 1.55 bits per heavy atom. The molecule has 2 aromatic carbocycles. The van der Waals surface area contributed by atoms with Gasteiger partial charge >= 0.3 is 0 Å². The largest absolute Gasteiger partial charge is 0.449 e. The third-order valence-corrected chi connectivity index (χ3v) is 4.48. The molecule has 0 aliphatic rings. The topological polar surface area (TPSA) is 17.0 Å². The van der Waals surface area contributed by atoms with Gasteiger partial charge in [-0.3, -0.25) is 0 Å². The number of nitrogens with zero attached hydrogens (tertiary/aromatic N) is 1. The maximum absolute atomic E-state index is 6.15. The first-order chi connectivity index (χ1) is 10.7. The number of benzene rings is 2. The summed E-state index contributed by atoms with van der Waals surface area (Å²) in [5, 5.41) is 2.46. The lowest BCUT2D eigenvalue weighted by molar-refractivity contribution is -0.634. The number of aryl methyl sites for hydroxylation is 3. The molecule has 0 aliphatic carbocycles. The summed E-state index contributed by atoms with van der Waals surface area (Å²) in [6, 6.07) is 18.9. The molecular formula is C20H18NO+. The van der Waals surface area contributed by atoms with Gasteiger partial charge in [0.2, 0.25) is 17.0 Å². The predicted molar refractivity (Wildman–Crippen MR) is 89.8 cm³/mol. The number of fused-ring (bicyclic) bond motifs is 2. The van der Waals surface area contributed by atoms with Crippen molar-refractivity contribution in [2.45, 2.75) is 13.8 Å². The molecule has 22 heavy (non-hydrogen) atoms. The van der Waals surface area contributed by atoms with Crippen LogP contribution in [0.2, 0.25) is 0 Å². The van der Waals surface area contributed by atoms with Crippen molar-refractivity contribution in [2.24, 2.45) is 7.05 Å². The van der Waals surface area contributed by atoms with E-state index >= 15 is 0 Å². The number of para-hydroxylation sites is 2. The van der Waals surface area contributed by atoms with Crippen molar-refractivity contribution in [3.63, 3.8) is 0 Å². The summed E-state index contributed by atoms with van der Waals surface area (Å²) >= 11 is 0. The minimum atomic E-state index is 0.945. The van der Waals surface area contributed by atoms with E-state index in [1.807, 2.05) is 12.1 Å². The van der Waals surface area contributed by atoms with E-state index in [-0.39, 0.29) is 0 Å². The number of hydrogen-bond acceptors (Lipinski definition) is 1. The summed E-state index contributed by atoms with van der Waals surface area (Å²) in [4.78, 5) is 0. The van der Waals surface area contributed by atoms with Crippen LogP contribution in [0, 0.1) is 13.8 Å². The molecule has 0 amide bonds. The van der Waals surface area contributed by atoms with E-state index in [1.54, 1.807) is 0 Å². The number of rotatable bonds is 1. The molecule has 4 rings (SSSR count). The Balaban J connectivity index is 2.08. The predicted octanol–water partition coefficient (Wildman–Crippen LogP) is 4.69. The molecule has 4 aromatic rings. The van der Waals surface area contributed by atoms with E-state index in [9.17, 15) is 0 Å². The average molecular weight is 288 g/mol. The van der Waals surface area contributed by atoms with Gasteiger partial charge in [0.05, 0.1) is 0 Å². The van der Waals surface area contributed by atoms with Crippen molar-refractivity contribution in [1.82, 2.24) is 0 Å². The van der Waals surface area contributed by atoms with Crippen LogP contribution in [0.5, 0.6) is 0 Å². The Morgan fingerprint density at radius 1 is 0.864 bits per heavy atom. The fourth-order valence-electron chi connectivity index (χ4n) is 3.25. The fraction of sp³-hybridized carbons (Fsp3) is 0.150. The van der Waals surface area contributed by atoms with Gasteiger partial charge in [-0.1, -0.05) is 30.3 Å². The Kier molecular flexibility index (Phi) is 2.80. The second kappa shape index (κ2) is 4.70. The Bertz CT molecular complexity index is 1010. The summed E-state index contributed by atoms with van der Waals surface area (Å²) in [7, 11) is 2.10. The highest BCUT2D eigenvalue weighted by atomic mass is 16.3. The third kappa shape index (κ3) is 1.77. The maximum atomic E-state index is 6.15. The van der Waals surface area contributed by atoms with Gasteiger partial charge in [-0.05, 0) is 31.5 Å². The van der Waals surface area contributed by atoms with E-state index in [0.29, 0.717) is 0 Å². The quantitative estimate of drug-likeness (QED) is 0.464. The van der Waals surface area contributed by atoms with E-state index in [2.05, 4.69) is 67.9 Å². The molecule has 2 nitrogen and oxygen atoms in total. The zero-order valence-electron chi connectivity index (χ0n) is 13.1. The van der Waals surface area contributed by atoms with Crippen molar-refractivity contribution in [2.75, 3.05) is 0 Å². The van der Waals surface area contributed by atoms with Crippen LogP contribution in [0.3, 0.4) is 0 Å². The van der Waals surface area contributed by atoms with Crippen molar-refractivity contribution >= 4 is 21.9 Å². The third-order valence-electron chi connectivity index (χ3n) is 4.48. The minimum absolute atomic E-state index is 0.945. The molecule has 0 unspecified atom stereocenters. The standard InChI is InChI=1S/C20H18NO/c1-13-12-18(21(3)17-10-6-4-8-15(13)17)20-14(2)16-9-5-7-11-19(16)22-20/h4-12H,1-3H3/q+1. The lowest BCUT2D eigenvalue weighted by Crippen LogP contribution is -2.32. The van der Waals surface area contributed by atoms with E-state index in [4.69, 9.17) is 4.42 Å². The van der Waals surface area contributed by atoms with Gasteiger partial charge in [0.1, 0.15) is 12.6 Å². The zero-order chi connectivity index (χ0) is 15.3. The SMILES string of the molecule is Cc1c(-c2cc(C)c3ccccc3[n+]2C)oc2ccccc12. The summed E-state index contributed by atoms with van der Waals surface area (Å²) in [5.74, 6) is 0.956. The maximum Gasteiger partial charge on any atom is 0.249 e. The van der Waals surface area contributed by atoms with E-state index in [0.717, 1.165) is 17.0 Å². The Hall–Kier alpha value is -2.61. The monoisotopic (exact) mass is 288 g/mol. The Morgan fingerprint density at radius 3 is 2.32 bits per heavy atom. The van der Waals surface area contributed by atoms with Gasteiger partial charge in [-0.15, -0.1) is 0 Å². The first kappa shape index (κ1) is 13.1. The van der Waals surface area contributed by atoms with Crippen LogP contribution < -0.4 is 4.57 Å². The van der Waals surface area contributed by atoms with E-state index < -0.39 is 0 Å². The first-order valence-electron chi connectivity index (χ1n) is 7.53. The van der Waals surface area contributed by atoms with Crippen molar-refractivity contribution in [3.05, 3.63) is 65.7 Å². The number of hydrogen-bond donors (Lipinski definition) is 0. The van der Waals surface area contributed by atoms with Crippen LogP contribution in [-0.2, 0) is 7.05 Å².